The van der Waals surface area contributed by atoms with Crippen LogP contribution in [-0.4, -0.2) is 58.4 Å². The minimum atomic E-state index is -4.42. The number of anilines is 2. The Balaban J connectivity index is 1.65. The Labute approximate surface area is 155 Å². The monoisotopic (exact) mass is 379 g/mol. The molecule has 3 rings (SSSR count). The number of amides is 1. The van der Waals surface area contributed by atoms with Crippen LogP contribution in [0.25, 0.3) is 0 Å². The van der Waals surface area contributed by atoms with Crippen LogP contribution in [0.4, 0.5) is 24.7 Å². The zero-order valence-electron chi connectivity index (χ0n) is 14.8. The van der Waals surface area contributed by atoms with Crippen molar-refractivity contribution in [3.8, 4) is 0 Å². The van der Waals surface area contributed by atoms with E-state index in [0.717, 1.165) is 31.8 Å². The second-order valence-corrected chi connectivity index (χ2v) is 6.22. The average molecular weight is 379 g/mol. The predicted molar refractivity (Wildman–Crippen MR) is 94.8 cm³/mol. The molecule has 0 atom stereocenters. The van der Waals surface area contributed by atoms with E-state index < -0.39 is 11.7 Å². The van der Waals surface area contributed by atoms with Crippen LogP contribution in [0.15, 0.2) is 36.7 Å². The molecule has 1 aliphatic rings. The van der Waals surface area contributed by atoms with E-state index in [9.17, 15) is 18.0 Å². The highest BCUT2D eigenvalue weighted by molar-refractivity contribution is 5.92. The second kappa shape index (κ2) is 7.91. The molecule has 0 bridgehead atoms. The molecule has 1 saturated heterocycles. The van der Waals surface area contributed by atoms with E-state index in [1.807, 2.05) is 0 Å². The van der Waals surface area contributed by atoms with Crippen molar-refractivity contribution in [1.29, 1.82) is 0 Å². The van der Waals surface area contributed by atoms with Crippen molar-refractivity contribution < 1.29 is 18.0 Å². The SMILES string of the molecule is CCN1CCN(C(=O)c2cnc(Nc3cccc(C(F)(F)F)c3)cn2)CC1. The molecule has 1 N–H and O–H groups in total. The Hall–Kier alpha value is -2.68. The summed E-state index contributed by atoms with van der Waals surface area (Å²) in [5.74, 6) is 0.0746. The number of likely N-dealkylation sites (N-methyl/N-ethyl adjacent to an activating group) is 1. The number of benzene rings is 1. The Morgan fingerprint density at radius 2 is 1.89 bits per heavy atom. The summed E-state index contributed by atoms with van der Waals surface area (Å²) in [5, 5.41) is 2.77. The maximum absolute atomic E-state index is 12.8. The summed E-state index contributed by atoms with van der Waals surface area (Å²) in [7, 11) is 0. The highest BCUT2D eigenvalue weighted by Crippen LogP contribution is 2.31. The number of nitrogens with one attached hydrogen (secondary N) is 1. The van der Waals surface area contributed by atoms with Gasteiger partial charge in [0.1, 0.15) is 11.5 Å². The first-order chi connectivity index (χ1) is 12.9. The number of hydrogen-bond donors (Lipinski definition) is 1. The fourth-order valence-corrected chi connectivity index (χ4v) is 2.85. The van der Waals surface area contributed by atoms with Gasteiger partial charge in [-0.1, -0.05) is 13.0 Å². The van der Waals surface area contributed by atoms with Gasteiger partial charge in [-0.25, -0.2) is 9.97 Å². The molecule has 6 nitrogen and oxygen atoms in total. The number of alkyl halides is 3. The maximum Gasteiger partial charge on any atom is 0.416 e. The quantitative estimate of drug-likeness (QED) is 0.885. The topological polar surface area (TPSA) is 61.4 Å². The van der Waals surface area contributed by atoms with Gasteiger partial charge >= 0.3 is 6.18 Å². The van der Waals surface area contributed by atoms with Crippen LogP contribution >= 0.6 is 0 Å². The first-order valence-corrected chi connectivity index (χ1v) is 8.65. The van der Waals surface area contributed by atoms with Gasteiger partial charge in [0, 0.05) is 31.9 Å². The number of piperazine rings is 1. The van der Waals surface area contributed by atoms with Crippen LogP contribution in [0.1, 0.15) is 23.0 Å². The van der Waals surface area contributed by atoms with E-state index in [4.69, 9.17) is 0 Å². The molecule has 0 unspecified atom stereocenters. The van der Waals surface area contributed by atoms with Crippen molar-refractivity contribution in [3.05, 3.63) is 47.9 Å². The van der Waals surface area contributed by atoms with Crippen molar-refractivity contribution >= 4 is 17.4 Å². The van der Waals surface area contributed by atoms with Gasteiger partial charge in [-0.2, -0.15) is 13.2 Å². The summed E-state index contributed by atoms with van der Waals surface area (Å²) in [6.45, 7) is 5.96. The van der Waals surface area contributed by atoms with Gasteiger partial charge < -0.3 is 15.1 Å². The van der Waals surface area contributed by atoms with Crippen LogP contribution in [0.5, 0.6) is 0 Å². The first-order valence-electron chi connectivity index (χ1n) is 8.65. The van der Waals surface area contributed by atoms with E-state index >= 15 is 0 Å². The van der Waals surface area contributed by atoms with Crippen molar-refractivity contribution in [2.24, 2.45) is 0 Å². The molecule has 1 amide bonds. The standard InChI is InChI=1S/C18H20F3N5O/c1-2-25-6-8-26(9-7-25)17(27)15-11-23-16(12-22-15)24-14-5-3-4-13(10-14)18(19,20)21/h3-5,10-12H,2,6-9H2,1H3,(H,23,24). The number of halogens is 3. The van der Waals surface area contributed by atoms with Crippen LogP contribution in [0.2, 0.25) is 0 Å². The Bertz CT molecular complexity index is 786. The molecule has 2 aromatic rings. The summed E-state index contributed by atoms with van der Waals surface area (Å²) >= 11 is 0. The zero-order chi connectivity index (χ0) is 19.4. The largest absolute Gasteiger partial charge is 0.416 e. The van der Waals surface area contributed by atoms with Gasteiger partial charge in [0.05, 0.1) is 18.0 Å². The number of hydrogen-bond acceptors (Lipinski definition) is 5. The average Bonchev–Trinajstić information content (AvgIpc) is 2.68. The van der Waals surface area contributed by atoms with E-state index in [2.05, 4.69) is 27.1 Å². The van der Waals surface area contributed by atoms with Gasteiger partial charge in [-0.15, -0.1) is 0 Å². The highest BCUT2D eigenvalue weighted by Gasteiger charge is 2.30. The van der Waals surface area contributed by atoms with Crippen LogP contribution in [-0.2, 0) is 6.18 Å². The van der Waals surface area contributed by atoms with Crippen molar-refractivity contribution in [1.82, 2.24) is 19.8 Å². The highest BCUT2D eigenvalue weighted by atomic mass is 19.4. The minimum Gasteiger partial charge on any atom is -0.339 e. The summed E-state index contributed by atoms with van der Waals surface area (Å²) in [6.07, 6.45) is -1.73. The smallest absolute Gasteiger partial charge is 0.339 e. The second-order valence-electron chi connectivity index (χ2n) is 6.22. The summed E-state index contributed by atoms with van der Waals surface area (Å²) in [4.78, 5) is 24.7. The molecule has 27 heavy (non-hydrogen) atoms. The lowest BCUT2D eigenvalue weighted by atomic mass is 10.2. The molecular formula is C18H20F3N5O. The van der Waals surface area contributed by atoms with Crippen molar-refractivity contribution in [3.63, 3.8) is 0 Å². The first kappa shape index (κ1) is 19.1. The third-order valence-electron chi connectivity index (χ3n) is 4.44. The molecule has 0 saturated carbocycles. The lowest BCUT2D eigenvalue weighted by molar-refractivity contribution is -0.137. The molecule has 1 aromatic heterocycles. The summed E-state index contributed by atoms with van der Waals surface area (Å²) < 4.78 is 38.3. The van der Waals surface area contributed by atoms with Gasteiger partial charge in [-0.3, -0.25) is 4.79 Å². The molecule has 9 heteroatoms. The van der Waals surface area contributed by atoms with Crippen molar-refractivity contribution in [2.45, 2.75) is 13.1 Å². The molecule has 2 heterocycles. The van der Waals surface area contributed by atoms with Crippen LogP contribution < -0.4 is 5.32 Å². The summed E-state index contributed by atoms with van der Waals surface area (Å²) in [6, 6.07) is 4.81. The van der Waals surface area contributed by atoms with E-state index in [0.29, 0.717) is 13.1 Å². The molecule has 0 radical (unpaired) electrons. The number of nitrogens with zero attached hydrogens (tertiary/aromatic N) is 4. The maximum atomic E-state index is 12.8. The van der Waals surface area contributed by atoms with E-state index in [-0.39, 0.29) is 23.1 Å². The van der Waals surface area contributed by atoms with Gasteiger partial charge in [0.25, 0.3) is 5.91 Å². The zero-order valence-corrected chi connectivity index (χ0v) is 14.8. The van der Waals surface area contributed by atoms with Gasteiger partial charge in [0.2, 0.25) is 0 Å². The van der Waals surface area contributed by atoms with Gasteiger partial charge in [0.15, 0.2) is 0 Å². The third-order valence-corrected chi connectivity index (χ3v) is 4.44. The van der Waals surface area contributed by atoms with Gasteiger partial charge in [-0.05, 0) is 24.7 Å². The number of rotatable bonds is 4. The Morgan fingerprint density at radius 1 is 1.15 bits per heavy atom. The molecule has 0 aliphatic carbocycles. The molecule has 1 fully saturated rings. The molecular weight excluding hydrogens is 359 g/mol. The lowest BCUT2D eigenvalue weighted by Gasteiger charge is -2.33. The van der Waals surface area contributed by atoms with E-state index in [1.165, 1.54) is 24.5 Å². The predicted octanol–water partition coefficient (Wildman–Crippen LogP) is 3.02. The third kappa shape index (κ3) is 4.73. The van der Waals surface area contributed by atoms with Crippen molar-refractivity contribution in [2.75, 3.05) is 38.0 Å². The Kier molecular flexibility index (Phi) is 5.59. The molecule has 0 spiro atoms. The molecule has 1 aromatic carbocycles. The fourth-order valence-electron chi connectivity index (χ4n) is 2.85. The van der Waals surface area contributed by atoms with Crippen LogP contribution in [0.3, 0.4) is 0 Å². The number of carbonyl (C=O) groups excluding carboxylic acids is 1. The van der Waals surface area contributed by atoms with Crippen LogP contribution in [0, 0.1) is 0 Å². The molecule has 1 aliphatic heterocycles. The Morgan fingerprint density at radius 3 is 2.48 bits per heavy atom. The number of carbonyl (C=O) groups is 1. The fraction of sp³-hybridized carbons (Fsp3) is 0.389. The minimum absolute atomic E-state index is 0.191. The lowest BCUT2D eigenvalue weighted by Crippen LogP contribution is -2.48. The normalized spacial score (nSPS) is 15.6. The molecule has 144 valence electrons. The number of aromatic nitrogens is 2. The van der Waals surface area contributed by atoms with E-state index in [1.54, 1.807) is 4.90 Å². The summed E-state index contributed by atoms with van der Waals surface area (Å²) in [5.41, 5.74) is -0.290.